The molecule has 2 unspecified atom stereocenters. The van der Waals surface area contributed by atoms with Gasteiger partial charge in [-0.2, -0.15) is 0 Å². The highest BCUT2D eigenvalue weighted by atomic mass is 79.9. The van der Waals surface area contributed by atoms with Gasteiger partial charge in [0.1, 0.15) is 4.32 Å². The zero-order valence-corrected chi connectivity index (χ0v) is 10.3. The number of rotatable bonds is 1. The molecule has 0 spiro atoms. The molecule has 1 fully saturated rings. The average Bonchev–Trinajstić information content (AvgIpc) is 2.44. The van der Waals surface area contributed by atoms with E-state index in [4.69, 9.17) is 0 Å². The third kappa shape index (κ3) is 1.63. The molecule has 1 amide bonds. The van der Waals surface area contributed by atoms with Gasteiger partial charge in [0, 0.05) is 0 Å². The van der Waals surface area contributed by atoms with Crippen molar-refractivity contribution in [3.8, 4) is 0 Å². The maximum Gasteiger partial charge on any atom is 0.257 e. The predicted octanol–water partition coefficient (Wildman–Crippen LogP) is 2.08. The number of benzene rings is 1. The van der Waals surface area contributed by atoms with Crippen molar-refractivity contribution in [1.82, 2.24) is 5.43 Å². The molecule has 4 heteroatoms. The van der Waals surface area contributed by atoms with Gasteiger partial charge < -0.3 is 0 Å². The van der Waals surface area contributed by atoms with E-state index in [0.29, 0.717) is 0 Å². The molecule has 1 saturated heterocycles. The second-order valence-electron chi connectivity index (χ2n) is 3.90. The first-order valence-electron chi connectivity index (χ1n) is 4.88. The van der Waals surface area contributed by atoms with E-state index >= 15 is 0 Å². The van der Waals surface area contributed by atoms with Gasteiger partial charge in [-0.3, -0.25) is 15.2 Å². The molecule has 0 aromatic heterocycles. The standard InChI is InChI=1S/C11H13BrN2O/c1-8-11(2,12)10(15)13-14(8)9-6-4-3-5-7-9/h3-8H,1-2H3,(H,13,15). The van der Waals surface area contributed by atoms with Gasteiger partial charge in [-0.25, -0.2) is 0 Å². The SMILES string of the molecule is CC1N(c2ccccc2)NC(=O)C1(C)Br. The Labute approximate surface area is 97.6 Å². The van der Waals surface area contributed by atoms with Gasteiger partial charge in [0.2, 0.25) is 0 Å². The van der Waals surface area contributed by atoms with Crippen LogP contribution in [0.2, 0.25) is 0 Å². The summed E-state index contributed by atoms with van der Waals surface area (Å²) in [6.07, 6.45) is 0. The molecule has 0 bridgehead atoms. The van der Waals surface area contributed by atoms with Crippen molar-refractivity contribution in [2.75, 3.05) is 5.01 Å². The number of carbonyl (C=O) groups excluding carboxylic acids is 1. The summed E-state index contributed by atoms with van der Waals surface area (Å²) >= 11 is 3.46. The summed E-state index contributed by atoms with van der Waals surface area (Å²) in [5.41, 5.74) is 3.86. The van der Waals surface area contributed by atoms with Crippen LogP contribution in [0.1, 0.15) is 13.8 Å². The van der Waals surface area contributed by atoms with E-state index in [2.05, 4.69) is 21.4 Å². The Bertz CT molecular complexity index is 377. The first-order chi connectivity index (χ1) is 7.03. The van der Waals surface area contributed by atoms with E-state index < -0.39 is 4.32 Å². The van der Waals surface area contributed by atoms with E-state index in [0.717, 1.165) is 5.69 Å². The predicted molar refractivity (Wildman–Crippen MR) is 63.9 cm³/mol. The number of hydrazine groups is 1. The Hall–Kier alpha value is -1.03. The molecule has 0 aliphatic carbocycles. The van der Waals surface area contributed by atoms with E-state index in [1.54, 1.807) is 0 Å². The lowest BCUT2D eigenvalue weighted by Crippen LogP contribution is -2.39. The van der Waals surface area contributed by atoms with Crippen LogP contribution in [0.4, 0.5) is 5.69 Å². The molecule has 1 aromatic carbocycles. The topological polar surface area (TPSA) is 32.3 Å². The van der Waals surface area contributed by atoms with Gasteiger partial charge in [-0.15, -0.1) is 0 Å². The van der Waals surface area contributed by atoms with Crippen LogP contribution in [0.15, 0.2) is 30.3 Å². The number of nitrogens with zero attached hydrogens (tertiary/aromatic N) is 1. The highest BCUT2D eigenvalue weighted by molar-refractivity contribution is 9.10. The number of carbonyl (C=O) groups is 1. The van der Waals surface area contributed by atoms with Crippen LogP contribution in [0.3, 0.4) is 0 Å². The molecule has 80 valence electrons. The fraction of sp³-hybridized carbons (Fsp3) is 0.364. The first-order valence-corrected chi connectivity index (χ1v) is 5.67. The number of nitrogens with one attached hydrogen (secondary N) is 1. The van der Waals surface area contributed by atoms with Crippen molar-refractivity contribution in [1.29, 1.82) is 0 Å². The molecular formula is C11H13BrN2O. The number of hydrogen-bond acceptors (Lipinski definition) is 2. The van der Waals surface area contributed by atoms with Crippen LogP contribution >= 0.6 is 15.9 Å². The highest BCUT2D eigenvalue weighted by Gasteiger charge is 2.46. The van der Waals surface area contributed by atoms with Crippen molar-refractivity contribution >= 4 is 27.5 Å². The Morgan fingerprint density at radius 1 is 1.40 bits per heavy atom. The average molecular weight is 269 g/mol. The largest absolute Gasteiger partial charge is 0.281 e. The molecule has 3 nitrogen and oxygen atoms in total. The first kappa shape index (κ1) is 10.5. The molecule has 1 N–H and O–H groups in total. The van der Waals surface area contributed by atoms with Crippen LogP contribution < -0.4 is 10.4 Å². The number of anilines is 1. The lowest BCUT2D eigenvalue weighted by atomic mass is 10.0. The van der Waals surface area contributed by atoms with E-state index in [9.17, 15) is 4.79 Å². The third-order valence-electron chi connectivity index (χ3n) is 2.87. The van der Waals surface area contributed by atoms with E-state index in [1.165, 1.54) is 0 Å². The summed E-state index contributed by atoms with van der Waals surface area (Å²) in [6, 6.07) is 9.90. The zero-order chi connectivity index (χ0) is 11.1. The zero-order valence-electron chi connectivity index (χ0n) is 8.70. The molecule has 1 aliphatic rings. The molecule has 1 heterocycles. The molecular weight excluding hydrogens is 256 g/mol. The smallest absolute Gasteiger partial charge is 0.257 e. The molecule has 2 rings (SSSR count). The second kappa shape index (κ2) is 3.52. The summed E-state index contributed by atoms with van der Waals surface area (Å²) in [4.78, 5) is 11.7. The van der Waals surface area contributed by atoms with Crippen LogP contribution in [-0.4, -0.2) is 16.3 Å². The number of alkyl halides is 1. The molecule has 1 aromatic rings. The Morgan fingerprint density at radius 2 is 2.00 bits per heavy atom. The van der Waals surface area contributed by atoms with E-state index in [-0.39, 0.29) is 11.9 Å². The summed E-state index contributed by atoms with van der Waals surface area (Å²) in [5, 5.41) is 1.89. The Balaban J connectivity index is 2.32. The van der Waals surface area contributed by atoms with Crippen LogP contribution in [0.5, 0.6) is 0 Å². The van der Waals surface area contributed by atoms with Crippen molar-refractivity contribution in [3.63, 3.8) is 0 Å². The minimum atomic E-state index is -0.525. The molecule has 0 radical (unpaired) electrons. The van der Waals surface area contributed by atoms with Gasteiger partial charge in [-0.1, -0.05) is 34.1 Å². The summed E-state index contributed by atoms with van der Waals surface area (Å²) in [6.45, 7) is 3.90. The van der Waals surface area contributed by atoms with Crippen LogP contribution in [-0.2, 0) is 4.79 Å². The lowest BCUT2D eigenvalue weighted by Gasteiger charge is -2.26. The molecule has 0 saturated carbocycles. The maximum atomic E-state index is 11.7. The summed E-state index contributed by atoms with van der Waals surface area (Å²) in [5.74, 6) is -0.00106. The van der Waals surface area contributed by atoms with Crippen molar-refractivity contribution in [3.05, 3.63) is 30.3 Å². The molecule has 1 aliphatic heterocycles. The minimum Gasteiger partial charge on any atom is -0.281 e. The normalized spacial score (nSPS) is 30.5. The van der Waals surface area contributed by atoms with Gasteiger partial charge in [-0.05, 0) is 26.0 Å². The Morgan fingerprint density at radius 3 is 2.47 bits per heavy atom. The second-order valence-corrected chi connectivity index (χ2v) is 5.55. The quantitative estimate of drug-likeness (QED) is 0.792. The Kier molecular flexibility index (Phi) is 2.46. The van der Waals surface area contributed by atoms with Crippen molar-refractivity contribution < 1.29 is 4.79 Å². The van der Waals surface area contributed by atoms with Gasteiger partial charge in [0.25, 0.3) is 5.91 Å². The number of amides is 1. The molecule has 15 heavy (non-hydrogen) atoms. The number of para-hydroxylation sites is 1. The highest BCUT2D eigenvalue weighted by Crippen LogP contribution is 2.33. The lowest BCUT2D eigenvalue weighted by molar-refractivity contribution is -0.120. The van der Waals surface area contributed by atoms with Gasteiger partial charge in [0.05, 0.1) is 11.7 Å². The minimum absolute atomic E-state index is 0.00106. The fourth-order valence-corrected chi connectivity index (χ4v) is 1.92. The number of hydrogen-bond donors (Lipinski definition) is 1. The van der Waals surface area contributed by atoms with Crippen LogP contribution in [0, 0.1) is 0 Å². The van der Waals surface area contributed by atoms with E-state index in [1.807, 2.05) is 49.2 Å². The third-order valence-corrected chi connectivity index (χ3v) is 3.89. The van der Waals surface area contributed by atoms with Gasteiger partial charge in [0.15, 0.2) is 0 Å². The van der Waals surface area contributed by atoms with Crippen LogP contribution in [0.25, 0.3) is 0 Å². The number of halogens is 1. The summed E-state index contributed by atoms with van der Waals surface area (Å²) in [7, 11) is 0. The monoisotopic (exact) mass is 268 g/mol. The summed E-state index contributed by atoms with van der Waals surface area (Å²) < 4.78 is -0.525. The van der Waals surface area contributed by atoms with Crippen molar-refractivity contribution in [2.24, 2.45) is 0 Å². The van der Waals surface area contributed by atoms with Crippen molar-refractivity contribution in [2.45, 2.75) is 24.2 Å². The van der Waals surface area contributed by atoms with Gasteiger partial charge >= 0.3 is 0 Å². The molecule has 2 atom stereocenters. The maximum absolute atomic E-state index is 11.7. The fourth-order valence-electron chi connectivity index (χ4n) is 1.62.